The molecule has 136 valence electrons. The molecule has 2 aromatic heterocycles. The number of carbonyl (C=O) groups excluding carboxylic acids is 1. The van der Waals surface area contributed by atoms with Gasteiger partial charge < -0.3 is 14.9 Å². The Morgan fingerprint density at radius 3 is 2.88 bits per heavy atom. The van der Waals surface area contributed by atoms with Crippen molar-refractivity contribution in [3.63, 3.8) is 0 Å². The zero-order chi connectivity index (χ0) is 18.1. The molecule has 0 saturated carbocycles. The van der Waals surface area contributed by atoms with E-state index in [2.05, 4.69) is 18.9 Å². The minimum absolute atomic E-state index is 0.101. The van der Waals surface area contributed by atoms with Crippen LogP contribution in [0.2, 0.25) is 0 Å². The second-order valence-electron chi connectivity index (χ2n) is 6.83. The third-order valence-corrected chi connectivity index (χ3v) is 5.62. The fraction of sp³-hybridized carbons (Fsp3) is 0.556. The Hall–Kier alpha value is -1.70. The first kappa shape index (κ1) is 18.1. The second kappa shape index (κ2) is 7.27. The summed E-state index contributed by atoms with van der Waals surface area (Å²) in [6.45, 7) is 6.56. The van der Waals surface area contributed by atoms with Crippen LogP contribution in [0.4, 0.5) is 0 Å². The fourth-order valence-corrected chi connectivity index (χ4v) is 4.27. The molecule has 25 heavy (non-hydrogen) atoms. The van der Waals surface area contributed by atoms with Crippen LogP contribution in [0.25, 0.3) is 0 Å². The molecule has 1 atom stereocenters. The van der Waals surface area contributed by atoms with Gasteiger partial charge in [-0.25, -0.2) is 0 Å². The number of rotatable bonds is 5. The largest absolute Gasteiger partial charge is 0.385 e. The number of aliphatic hydroxyl groups excluding tert-OH is 1. The summed E-state index contributed by atoms with van der Waals surface area (Å²) in [6, 6.07) is 1.92. The maximum atomic E-state index is 12.9. The summed E-state index contributed by atoms with van der Waals surface area (Å²) >= 11 is 1.64. The van der Waals surface area contributed by atoms with Crippen molar-refractivity contribution < 1.29 is 9.90 Å². The minimum atomic E-state index is -0.608. The zero-order valence-electron chi connectivity index (χ0n) is 15.3. The molecule has 1 aliphatic heterocycles. The van der Waals surface area contributed by atoms with Crippen molar-refractivity contribution in [3.8, 4) is 0 Å². The maximum absolute atomic E-state index is 12.9. The van der Waals surface area contributed by atoms with E-state index in [0.29, 0.717) is 31.9 Å². The summed E-state index contributed by atoms with van der Waals surface area (Å²) in [5.41, 5.74) is 3.66. The molecule has 3 heterocycles. The van der Waals surface area contributed by atoms with E-state index in [-0.39, 0.29) is 5.91 Å². The van der Waals surface area contributed by atoms with E-state index in [0.717, 1.165) is 23.2 Å². The molecular weight excluding hydrogens is 336 g/mol. The number of aromatic nitrogens is 2. The molecule has 1 aliphatic rings. The minimum Gasteiger partial charge on any atom is -0.385 e. The van der Waals surface area contributed by atoms with Crippen molar-refractivity contribution in [2.75, 3.05) is 27.2 Å². The normalized spacial score (nSPS) is 15.5. The highest BCUT2D eigenvalue weighted by Gasteiger charge is 2.26. The summed E-state index contributed by atoms with van der Waals surface area (Å²) in [6.07, 6.45) is 0.270. The summed E-state index contributed by atoms with van der Waals surface area (Å²) in [4.78, 5) is 18.0. The molecule has 3 rings (SSSR count). The third-order valence-electron chi connectivity index (χ3n) is 4.67. The van der Waals surface area contributed by atoms with Gasteiger partial charge in [0.2, 0.25) is 0 Å². The number of carbonyl (C=O) groups is 1. The van der Waals surface area contributed by atoms with E-state index in [4.69, 9.17) is 0 Å². The quantitative estimate of drug-likeness (QED) is 0.884. The van der Waals surface area contributed by atoms with Crippen LogP contribution in [0.15, 0.2) is 11.4 Å². The van der Waals surface area contributed by atoms with E-state index in [9.17, 15) is 9.90 Å². The van der Waals surface area contributed by atoms with Gasteiger partial charge in [0.15, 0.2) is 0 Å². The second-order valence-corrected chi connectivity index (χ2v) is 7.91. The number of hydrogen-bond donors (Lipinski definition) is 1. The topological polar surface area (TPSA) is 61.6 Å². The zero-order valence-corrected chi connectivity index (χ0v) is 16.1. The third kappa shape index (κ3) is 3.63. The van der Waals surface area contributed by atoms with Crippen LogP contribution in [0.5, 0.6) is 0 Å². The van der Waals surface area contributed by atoms with Crippen LogP contribution < -0.4 is 0 Å². The molecule has 1 amide bonds. The fourth-order valence-electron chi connectivity index (χ4n) is 3.33. The molecule has 0 saturated heterocycles. The van der Waals surface area contributed by atoms with Gasteiger partial charge in [-0.3, -0.25) is 9.48 Å². The Balaban J connectivity index is 1.77. The molecule has 0 radical (unpaired) electrons. The maximum Gasteiger partial charge on any atom is 0.255 e. The predicted octanol–water partition coefficient (Wildman–Crippen LogP) is 2.07. The highest BCUT2D eigenvalue weighted by molar-refractivity contribution is 7.10. The highest BCUT2D eigenvalue weighted by Crippen LogP contribution is 2.26. The van der Waals surface area contributed by atoms with E-state index in [1.54, 1.807) is 11.3 Å². The summed E-state index contributed by atoms with van der Waals surface area (Å²) < 4.78 is 1.91. The van der Waals surface area contributed by atoms with Crippen molar-refractivity contribution in [3.05, 3.63) is 38.8 Å². The van der Waals surface area contributed by atoms with Crippen LogP contribution in [0.1, 0.15) is 45.2 Å². The lowest BCUT2D eigenvalue weighted by Crippen LogP contribution is -2.38. The summed E-state index contributed by atoms with van der Waals surface area (Å²) in [5.74, 6) is 0.101. The molecule has 0 aromatic carbocycles. The van der Waals surface area contributed by atoms with E-state index >= 15 is 0 Å². The van der Waals surface area contributed by atoms with Gasteiger partial charge in [0, 0.05) is 23.3 Å². The van der Waals surface area contributed by atoms with Crippen LogP contribution in [0, 0.1) is 6.92 Å². The SMILES string of the molecule is CCc1c(C(=O)N2CCn3nc(C(O)CN(C)C)cc3C2)csc1C. The smallest absolute Gasteiger partial charge is 0.255 e. The summed E-state index contributed by atoms with van der Waals surface area (Å²) in [5, 5.41) is 16.8. The number of thiophene rings is 1. The van der Waals surface area contributed by atoms with Crippen LogP contribution >= 0.6 is 11.3 Å². The first-order valence-corrected chi connectivity index (χ1v) is 9.54. The molecule has 1 N–H and O–H groups in total. The van der Waals surface area contributed by atoms with Gasteiger partial charge in [-0.1, -0.05) is 6.92 Å². The lowest BCUT2D eigenvalue weighted by Gasteiger charge is -2.27. The Bertz CT molecular complexity index is 765. The number of nitrogens with zero attached hydrogens (tertiary/aromatic N) is 4. The number of aliphatic hydroxyl groups is 1. The van der Waals surface area contributed by atoms with E-state index < -0.39 is 6.10 Å². The van der Waals surface area contributed by atoms with Gasteiger partial charge in [-0.15, -0.1) is 11.3 Å². The van der Waals surface area contributed by atoms with Gasteiger partial charge in [0.25, 0.3) is 5.91 Å². The van der Waals surface area contributed by atoms with Crippen LogP contribution in [-0.4, -0.2) is 57.8 Å². The van der Waals surface area contributed by atoms with Crippen molar-refractivity contribution >= 4 is 17.2 Å². The van der Waals surface area contributed by atoms with Crippen LogP contribution in [-0.2, 0) is 19.5 Å². The number of hydrogen-bond acceptors (Lipinski definition) is 5. The molecule has 0 aliphatic carbocycles. The number of aryl methyl sites for hydroxylation is 1. The number of likely N-dealkylation sites (N-methyl/N-ethyl adjacent to an activating group) is 1. The average molecular weight is 362 g/mol. The monoisotopic (exact) mass is 362 g/mol. The Morgan fingerprint density at radius 1 is 1.44 bits per heavy atom. The molecule has 1 unspecified atom stereocenters. The standard InChI is InChI=1S/C18H26N4O2S/c1-5-14-12(2)25-11-15(14)18(24)21-6-7-22-13(9-21)8-16(19-22)17(23)10-20(3)4/h8,11,17,23H,5-7,9-10H2,1-4H3. The van der Waals surface area contributed by atoms with Crippen molar-refractivity contribution in [2.24, 2.45) is 0 Å². The average Bonchev–Trinajstić information content (AvgIpc) is 3.15. The molecule has 6 nitrogen and oxygen atoms in total. The van der Waals surface area contributed by atoms with Gasteiger partial charge in [0.1, 0.15) is 6.10 Å². The highest BCUT2D eigenvalue weighted by atomic mass is 32.1. The number of amides is 1. The Morgan fingerprint density at radius 2 is 2.20 bits per heavy atom. The molecule has 0 bridgehead atoms. The van der Waals surface area contributed by atoms with Crippen molar-refractivity contribution in [1.82, 2.24) is 19.6 Å². The van der Waals surface area contributed by atoms with Gasteiger partial charge in [-0.05, 0) is 39.1 Å². The van der Waals surface area contributed by atoms with E-state index in [1.165, 1.54) is 4.88 Å². The Kier molecular flexibility index (Phi) is 5.27. The van der Waals surface area contributed by atoms with Gasteiger partial charge in [0.05, 0.1) is 30.0 Å². The first-order chi connectivity index (χ1) is 11.9. The predicted molar refractivity (Wildman–Crippen MR) is 98.9 cm³/mol. The molecule has 0 spiro atoms. The summed E-state index contributed by atoms with van der Waals surface area (Å²) in [7, 11) is 3.85. The van der Waals surface area contributed by atoms with Crippen LogP contribution in [0.3, 0.4) is 0 Å². The lowest BCUT2D eigenvalue weighted by atomic mass is 10.1. The van der Waals surface area contributed by atoms with Crippen molar-refractivity contribution in [1.29, 1.82) is 0 Å². The first-order valence-electron chi connectivity index (χ1n) is 8.66. The van der Waals surface area contributed by atoms with E-state index in [1.807, 2.05) is 40.0 Å². The molecule has 0 fully saturated rings. The molecule has 2 aromatic rings. The molecular formula is C18H26N4O2S. The number of fused-ring (bicyclic) bond motifs is 1. The molecule has 7 heteroatoms. The van der Waals surface area contributed by atoms with Gasteiger partial charge >= 0.3 is 0 Å². The van der Waals surface area contributed by atoms with Gasteiger partial charge in [-0.2, -0.15) is 5.10 Å². The Labute approximate surface area is 152 Å². The lowest BCUT2D eigenvalue weighted by molar-refractivity contribution is 0.0705. The van der Waals surface area contributed by atoms with Crippen molar-refractivity contribution in [2.45, 2.75) is 39.5 Å².